The molecule has 4 heteroatoms. The molecule has 3 fully saturated rings. The lowest BCUT2D eigenvalue weighted by Gasteiger charge is -2.59. The van der Waals surface area contributed by atoms with Gasteiger partial charge in [-0.15, -0.1) is 6.42 Å². The van der Waals surface area contributed by atoms with Crippen molar-refractivity contribution in [3.63, 3.8) is 0 Å². The predicted molar refractivity (Wildman–Crippen MR) is 93.4 cm³/mol. The highest BCUT2D eigenvalue weighted by Crippen LogP contribution is 2.67. The van der Waals surface area contributed by atoms with Crippen LogP contribution in [0.2, 0.25) is 0 Å². The summed E-state index contributed by atoms with van der Waals surface area (Å²) in [6.45, 7) is 4.38. The summed E-state index contributed by atoms with van der Waals surface area (Å²) in [5, 5.41) is 21.0. The van der Waals surface area contributed by atoms with Crippen molar-refractivity contribution in [3.05, 3.63) is 11.6 Å². The van der Waals surface area contributed by atoms with Gasteiger partial charge in [0.25, 0.3) is 0 Å². The number of aliphatic hydroxyl groups is 1. The first-order chi connectivity index (χ1) is 11.8. The molecular weight excluding hydrogens is 316 g/mol. The Bertz CT molecular complexity index is 676. The van der Waals surface area contributed by atoms with Crippen LogP contribution in [0.1, 0.15) is 58.8 Å². The summed E-state index contributed by atoms with van der Waals surface area (Å²) in [5.41, 5.74) is -1.06. The minimum absolute atomic E-state index is 0.136. The number of carbonyl (C=O) groups excluding carboxylic acids is 1. The van der Waals surface area contributed by atoms with Crippen LogP contribution < -0.4 is 0 Å². The van der Waals surface area contributed by atoms with Gasteiger partial charge >= 0.3 is 0 Å². The smallest absolute Gasteiger partial charge is 0.155 e. The normalized spacial score (nSPS) is 51.8. The van der Waals surface area contributed by atoms with Gasteiger partial charge in [0.1, 0.15) is 11.2 Å². The molecule has 4 aliphatic carbocycles. The number of carbonyl (C=O) groups is 1. The lowest BCUT2D eigenvalue weighted by Crippen LogP contribution is -2.60. The SMILES string of the molecule is C#C[C@]1(O)CC[C@H]2[C@@H]3[C@H](C)CC4=CC(=O)CC[C@]4(OO)[C@H]3CC[C@@]21C. The second-order valence-electron chi connectivity index (χ2n) is 9.09. The zero-order valence-corrected chi connectivity index (χ0v) is 15.1. The Morgan fingerprint density at radius 3 is 2.68 bits per heavy atom. The van der Waals surface area contributed by atoms with Crippen molar-refractivity contribution in [2.45, 2.75) is 70.0 Å². The molecule has 0 amide bonds. The Labute approximate surface area is 149 Å². The van der Waals surface area contributed by atoms with Crippen molar-refractivity contribution in [2.75, 3.05) is 0 Å². The summed E-state index contributed by atoms with van der Waals surface area (Å²) < 4.78 is 0. The number of terminal acetylenes is 1. The third-order valence-corrected chi connectivity index (χ3v) is 8.31. The van der Waals surface area contributed by atoms with Gasteiger partial charge in [-0.1, -0.05) is 19.8 Å². The maximum Gasteiger partial charge on any atom is 0.155 e. The molecule has 0 aliphatic heterocycles. The van der Waals surface area contributed by atoms with Gasteiger partial charge in [-0.3, -0.25) is 10.1 Å². The molecule has 25 heavy (non-hydrogen) atoms. The van der Waals surface area contributed by atoms with Crippen molar-refractivity contribution >= 4 is 5.78 Å². The monoisotopic (exact) mass is 344 g/mol. The van der Waals surface area contributed by atoms with E-state index in [9.17, 15) is 15.2 Å². The Hall–Kier alpha value is -1.15. The van der Waals surface area contributed by atoms with Crippen LogP contribution in [0.25, 0.3) is 0 Å². The van der Waals surface area contributed by atoms with Crippen molar-refractivity contribution in [1.29, 1.82) is 0 Å². The van der Waals surface area contributed by atoms with Gasteiger partial charge in [0.05, 0.1) is 0 Å². The third-order valence-electron chi connectivity index (χ3n) is 8.31. The largest absolute Gasteiger partial charge is 0.377 e. The molecule has 4 aliphatic rings. The quantitative estimate of drug-likeness (QED) is 0.435. The van der Waals surface area contributed by atoms with E-state index in [1.165, 1.54) is 0 Å². The standard InChI is InChI=1S/C21H28O4/c1-4-20(23)9-7-16-18-13(2)11-14-12-15(22)5-10-21(14,25-24)17(18)6-8-19(16,20)3/h1,12-13,16-18,23-24H,5-11H2,2-3H3/t13-,16+,17+,18+,19+,20+,21-/m1/s1. The minimum Gasteiger partial charge on any atom is -0.377 e. The predicted octanol–water partition coefficient (Wildman–Crippen LogP) is 3.35. The van der Waals surface area contributed by atoms with Gasteiger partial charge in [0, 0.05) is 11.8 Å². The number of rotatable bonds is 1. The van der Waals surface area contributed by atoms with Crippen LogP contribution in [-0.2, 0) is 9.68 Å². The summed E-state index contributed by atoms with van der Waals surface area (Å²) in [7, 11) is 0. The molecule has 7 atom stereocenters. The first kappa shape index (κ1) is 17.3. The molecule has 3 saturated carbocycles. The topological polar surface area (TPSA) is 66.8 Å². The Balaban J connectivity index is 1.77. The minimum atomic E-state index is -1.03. The fourth-order valence-electron chi connectivity index (χ4n) is 6.96. The molecule has 4 nitrogen and oxygen atoms in total. The van der Waals surface area contributed by atoms with Crippen LogP contribution in [0.4, 0.5) is 0 Å². The molecule has 0 spiro atoms. The molecule has 0 aromatic heterocycles. The van der Waals surface area contributed by atoms with E-state index in [-0.39, 0.29) is 17.1 Å². The molecule has 0 aromatic carbocycles. The molecular formula is C21H28O4. The number of ketones is 1. The van der Waals surface area contributed by atoms with E-state index in [1.807, 2.05) is 0 Å². The van der Waals surface area contributed by atoms with E-state index in [4.69, 9.17) is 11.3 Å². The van der Waals surface area contributed by atoms with E-state index < -0.39 is 11.2 Å². The number of hydrogen-bond donors (Lipinski definition) is 2. The van der Waals surface area contributed by atoms with Gasteiger partial charge in [-0.2, -0.15) is 0 Å². The van der Waals surface area contributed by atoms with Crippen molar-refractivity contribution in [3.8, 4) is 12.3 Å². The highest BCUT2D eigenvalue weighted by atomic mass is 17.1. The first-order valence-electron chi connectivity index (χ1n) is 9.58. The highest BCUT2D eigenvalue weighted by molar-refractivity contribution is 5.92. The second-order valence-corrected chi connectivity index (χ2v) is 9.09. The van der Waals surface area contributed by atoms with Gasteiger partial charge in [-0.05, 0) is 73.8 Å². The lowest BCUT2D eigenvalue weighted by atomic mass is 9.47. The van der Waals surface area contributed by atoms with Gasteiger partial charge in [0.2, 0.25) is 0 Å². The zero-order chi connectivity index (χ0) is 18.0. The summed E-state index contributed by atoms with van der Waals surface area (Å²) in [5.74, 6) is 4.07. The fourth-order valence-corrected chi connectivity index (χ4v) is 6.96. The fraction of sp³-hybridized carbons (Fsp3) is 0.762. The van der Waals surface area contributed by atoms with Crippen LogP contribution in [0.5, 0.6) is 0 Å². The number of fused-ring (bicyclic) bond motifs is 5. The maximum absolute atomic E-state index is 11.9. The van der Waals surface area contributed by atoms with E-state index >= 15 is 0 Å². The molecule has 0 aromatic rings. The third kappa shape index (κ3) is 2.04. The summed E-state index contributed by atoms with van der Waals surface area (Å²) in [6, 6.07) is 0. The van der Waals surface area contributed by atoms with Gasteiger partial charge < -0.3 is 5.11 Å². The van der Waals surface area contributed by atoms with Gasteiger partial charge in [-0.25, -0.2) is 4.89 Å². The Morgan fingerprint density at radius 2 is 2.00 bits per heavy atom. The molecule has 0 bridgehead atoms. The maximum atomic E-state index is 11.9. The molecule has 0 heterocycles. The van der Waals surface area contributed by atoms with E-state index in [0.29, 0.717) is 37.0 Å². The second kappa shape index (κ2) is 5.42. The first-order valence-corrected chi connectivity index (χ1v) is 9.58. The molecule has 2 N–H and O–H groups in total. The average Bonchev–Trinajstić information content (AvgIpc) is 2.87. The summed E-state index contributed by atoms with van der Waals surface area (Å²) in [6.07, 6.45) is 12.5. The van der Waals surface area contributed by atoms with Crippen molar-refractivity contribution in [1.82, 2.24) is 0 Å². The molecule has 0 radical (unpaired) electrons. The zero-order valence-electron chi connectivity index (χ0n) is 15.1. The van der Waals surface area contributed by atoms with E-state index in [2.05, 4.69) is 19.8 Å². The summed E-state index contributed by atoms with van der Waals surface area (Å²) in [4.78, 5) is 17.1. The van der Waals surface area contributed by atoms with Crippen LogP contribution in [0.15, 0.2) is 11.6 Å². The van der Waals surface area contributed by atoms with Crippen LogP contribution in [0, 0.1) is 41.4 Å². The molecule has 0 unspecified atom stereocenters. The van der Waals surface area contributed by atoms with Crippen LogP contribution in [0.3, 0.4) is 0 Å². The Kier molecular flexibility index (Phi) is 3.75. The van der Waals surface area contributed by atoms with E-state index in [1.54, 1.807) is 6.08 Å². The van der Waals surface area contributed by atoms with E-state index in [0.717, 1.165) is 31.3 Å². The summed E-state index contributed by atoms with van der Waals surface area (Å²) >= 11 is 0. The molecule has 0 saturated heterocycles. The van der Waals surface area contributed by atoms with Crippen molar-refractivity contribution in [2.24, 2.45) is 29.1 Å². The average molecular weight is 344 g/mol. The van der Waals surface area contributed by atoms with Crippen molar-refractivity contribution < 1.29 is 20.0 Å². The molecule has 136 valence electrons. The highest BCUT2D eigenvalue weighted by Gasteiger charge is 2.66. The molecule has 4 rings (SSSR count). The van der Waals surface area contributed by atoms with Gasteiger partial charge in [0.15, 0.2) is 5.78 Å². The lowest BCUT2D eigenvalue weighted by molar-refractivity contribution is -0.344. The van der Waals surface area contributed by atoms with Crippen LogP contribution in [-0.4, -0.2) is 27.3 Å². The van der Waals surface area contributed by atoms with Crippen LogP contribution >= 0.6 is 0 Å². The number of hydrogen-bond acceptors (Lipinski definition) is 4. The Morgan fingerprint density at radius 1 is 1.28 bits per heavy atom.